The molecule has 24 heavy (non-hydrogen) atoms. The average Bonchev–Trinajstić information content (AvgIpc) is 2.92. The van der Waals surface area contributed by atoms with Gasteiger partial charge < -0.3 is 10.2 Å². The number of amides is 2. The van der Waals surface area contributed by atoms with E-state index in [1.54, 1.807) is 4.90 Å². The van der Waals surface area contributed by atoms with Crippen LogP contribution in [-0.2, 0) is 9.59 Å². The summed E-state index contributed by atoms with van der Waals surface area (Å²) in [4.78, 5) is 26.8. The highest BCUT2D eigenvalue weighted by molar-refractivity contribution is 6.00. The van der Waals surface area contributed by atoms with E-state index in [-0.39, 0.29) is 17.7 Å². The molecule has 3 rings (SSSR count). The number of para-hydroxylation sites is 1. The van der Waals surface area contributed by atoms with Crippen LogP contribution in [0.15, 0.2) is 24.3 Å². The zero-order valence-corrected chi connectivity index (χ0v) is 14.6. The average molecular weight is 328 g/mol. The lowest BCUT2D eigenvalue weighted by Crippen LogP contribution is -2.40. The molecule has 130 valence electrons. The standard InChI is InChI=1S/C20H28N2O2/c1-15-9-7-8-12-18(15)22-14-16(13-19(22)23)20(24)21-17-10-5-3-2-4-6-11-17/h7-9,12,16-17H,2-6,10-11,13-14H2,1H3,(H,21,24)/t16-/m0/s1. The lowest BCUT2D eigenvalue weighted by atomic mass is 9.96. The lowest BCUT2D eigenvalue weighted by molar-refractivity contribution is -0.127. The van der Waals surface area contributed by atoms with E-state index < -0.39 is 0 Å². The van der Waals surface area contributed by atoms with E-state index in [0.717, 1.165) is 24.1 Å². The van der Waals surface area contributed by atoms with Crippen molar-refractivity contribution in [1.82, 2.24) is 5.32 Å². The number of rotatable bonds is 3. The molecule has 0 spiro atoms. The smallest absolute Gasteiger partial charge is 0.227 e. The summed E-state index contributed by atoms with van der Waals surface area (Å²) in [5.41, 5.74) is 2.01. The van der Waals surface area contributed by atoms with Gasteiger partial charge in [0.15, 0.2) is 0 Å². The van der Waals surface area contributed by atoms with Crippen molar-refractivity contribution in [3.05, 3.63) is 29.8 Å². The number of benzene rings is 1. The second-order valence-corrected chi connectivity index (χ2v) is 7.24. The fourth-order valence-corrected chi connectivity index (χ4v) is 3.90. The zero-order chi connectivity index (χ0) is 16.9. The van der Waals surface area contributed by atoms with E-state index in [0.29, 0.717) is 19.0 Å². The maximum Gasteiger partial charge on any atom is 0.227 e. The summed E-state index contributed by atoms with van der Waals surface area (Å²) in [5.74, 6) is -0.102. The summed E-state index contributed by atoms with van der Waals surface area (Å²) in [5, 5.41) is 3.22. The van der Waals surface area contributed by atoms with Crippen LogP contribution in [0.1, 0.15) is 56.9 Å². The van der Waals surface area contributed by atoms with Gasteiger partial charge in [-0.3, -0.25) is 9.59 Å². The molecule has 1 N–H and O–H groups in total. The Kier molecular flexibility index (Phi) is 5.54. The van der Waals surface area contributed by atoms with Crippen molar-refractivity contribution in [3.63, 3.8) is 0 Å². The number of carbonyl (C=O) groups is 2. The van der Waals surface area contributed by atoms with Crippen LogP contribution >= 0.6 is 0 Å². The molecule has 1 aromatic rings. The summed E-state index contributed by atoms with van der Waals surface area (Å²) in [6.45, 7) is 2.51. The third-order valence-corrected chi connectivity index (χ3v) is 5.35. The first-order chi connectivity index (χ1) is 11.6. The molecular formula is C20H28N2O2. The molecule has 1 saturated carbocycles. The van der Waals surface area contributed by atoms with Gasteiger partial charge in [-0.25, -0.2) is 0 Å². The molecule has 1 heterocycles. The largest absolute Gasteiger partial charge is 0.353 e. The molecule has 0 bridgehead atoms. The molecule has 1 atom stereocenters. The third kappa shape index (κ3) is 3.97. The number of nitrogens with zero attached hydrogens (tertiary/aromatic N) is 1. The Bertz CT molecular complexity index is 591. The Morgan fingerprint density at radius 3 is 2.46 bits per heavy atom. The number of aryl methyl sites for hydroxylation is 1. The minimum atomic E-state index is -0.220. The van der Waals surface area contributed by atoms with Gasteiger partial charge in [-0.05, 0) is 31.4 Å². The Balaban J connectivity index is 1.60. The highest BCUT2D eigenvalue weighted by Gasteiger charge is 2.36. The molecule has 2 aliphatic rings. The van der Waals surface area contributed by atoms with Gasteiger partial charge in [0.2, 0.25) is 11.8 Å². The van der Waals surface area contributed by atoms with Gasteiger partial charge in [-0.1, -0.05) is 50.3 Å². The summed E-state index contributed by atoms with van der Waals surface area (Å²) >= 11 is 0. The Hall–Kier alpha value is -1.84. The topological polar surface area (TPSA) is 49.4 Å². The monoisotopic (exact) mass is 328 g/mol. The molecule has 4 nitrogen and oxygen atoms in total. The summed E-state index contributed by atoms with van der Waals surface area (Å²) < 4.78 is 0. The molecule has 1 aliphatic carbocycles. The first-order valence-corrected chi connectivity index (χ1v) is 9.31. The maximum atomic E-state index is 12.6. The molecule has 2 amide bonds. The van der Waals surface area contributed by atoms with Crippen molar-refractivity contribution in [2.45, 2.75) is 64.3 Å². The molecule has 1 aliphatic heterocycles. The van der Waals surface area contributed by atoms with E-state index in [4.69, 9.17) is 0 Å². The minimum Gasteiger partial charge on any atom is -0.353 e. The van der Waals surface area contributed by atoms with Crippen molar-refractivity contribution in [3.8, 4) is 0 Å². The fourth-order valence-electron chi connectivity index (χ4n) is 3.90. The summed E-state index contributed by atoms with van der Waals surface area (Å²) in [6.07, 6.45) is 8.75. The quantitative estimate of drug-likeness (QED) is 0.922. The van der Waals surface area contributed by atoms with Crippen molar-refractivity contribution < 1.29 is 9.59 Å². The van der Waals surface area contributed by atoms with Gasteiger partial charge in [-0.2, -0.15) is 0 Å². The van der Waals surface area contributed by atoms with Crippen LogP contribution in [0, 0.1) is 12.8 Å². The van der Waals surface area contributed by atoms with Crippen LogP contribution in [0.3, 0.4) is 0 Å². The van der Waals surface area contributed by atoms with Crippen LogP contribution in [0.25, 0.3) is 0 Å². The zero-order valence-electron chi connectivity index (χ0n) is 14.6. The van der Waals surface area contributed by atoms with Crippen LogP contribution in [-0.4, -0.2) is 24.4 Å². The van der Waals surface area contributed by atoms with E-state index in [9.17, 15) is 9.59 Å². The fraction of sp³-hybridized carbons (Fsp3) is 0.600. The number of hydrogen-bond acceptors (Lipinski definition) is 2. The number of hydrogen-bond donors (Lipinski definition) is 1. The van der Waals surface area contributed by atoms with Gasteiger partial charge in [0, 0.05) is 24.7 Å². The highest BCUT2D eigenvalue weighted by atomic mass is 16.2. The second-order valence-electron chi connectivity index (χ2n) is 7.24. The maximum absolute atomic E-state index is 12.6. The van der Waals surface area contributed by atoms with Crippen LogP contribution in [0.2, 0.25) is 0 Å². The molecular weight excluding hydrogens is 300 g/mol. The molecule has 1 aromatic carbocycles. The second kappa shape index (κ2) is 7.82. The highest BCUT2D eigenvalue weighted by Crippen LogP contribution is 2.28. The van der Waals surface area contributed by atoms with E-state index in [1.807, 2.05) is 31.2 Å². The summed E-state index contributed by atoms with van der Waals surface area (Å²) in [7, 11) is 0. The van der Waals surface area contributed by atoms with Crippen molar-refractivity contribution in [2.75, 3.05) is 11.4 Å². The molecule has 0 radical (unpaired) electrons. The number of nitrogens with one attached hydrogen (secondary N) is 1. The van der Waals surface area contributed by atoms with E-state index in [1.165, 1.54) is 32.1 Å². The molecule has 1 saturated heterocycles. The molecule has 0 aromatic heterocycles. The van der Waals surface area contributed by atoms with Gasteiger partial charge in [0.05, 0.1) is 5.92 Å². The van der Waals surface area contributed by atoms with Crippen molar-refractivity contribution in [2.24, 2.45) is 5.92 Å². The van der Waals surface area contributed by atoms with Gasteiger partial charge >= 0.3 is 0 Å². The minimum absolute atomic E-state index is 0.0575. The summed E-state index contributed by atoms with van der Waals surface area (Å²) in [6, 6.07) is 8.17. The van der Waals surface area contributed by atoms with Gasteiger partial charge in [0.25, 0.3) is 0 Å². The molecule has 4 heteroatoms. The van der Waals surface area contributed by atoms with E-state index >= 15 is 0 Å². The number of carbonyl (C=O) groups excluding carboxylic acids is 2. The van der Waals surface area contributed by atoms with Crippen molar-refractivity contribution in [1.29, 1.82) is 0 Å². The first-order valence-electron chi connectivity index (χ1n) is 9.31. The first kappa shape index (κ1) is 17.0. The SMILES string of the molecule is Cc1ccccc1N1C[C@@H](C(=O)NC2CCCCCCC2)CC1=O. The third-order valence-electron chi connectivity index (χ3n) is 5.35. The Morgan fingerprint density at radius 2 is 1.75 bits per heavy atom. The van der Waals surface area contributed by atoms with Gasteiger partial charge in [-0.15, -0.1) is 0 Å². The lowest BCUT2D eigenvalue weighted by Gasteiger charge is -2.23. The predicted molar refractivity (Wildman–Crippen MR) is 95.9 cm³/mol. The number of anilines is 1. The normalized spacial score (nSPS) is 23.0. The van der Waals surface area contributed by atoms with Crippen LogP contribution in [0.5, 0.6) is 0 Å². The van der Waals surface area contributed by atoms with Crippen LogP contribution < -0.4 is 10.2 Å². The Morgan fingerprint density at radius 1 is 1.08 bits per heavy atom. The van der Waals surface area contributed by atoms with Gasteiger partial charge in [0.1, 0.15) is 0 Å². The van der Waals surface area contributed by atoms with Crippen molar-refractivity contribution >= 4 is 17.5 Å². The van der Waals surface area contributed by atoms with Crippen LogP contribution in [0.4, 0.5) is 5.69 Å². The van der Waals surface area contributed by atoms with E-state index in [2.05, 4.69) is 5.32 Å². The Labute approximate surface area is 144 Å². The predicted octanol–water partition coefficient (Wildman–Crippen LogP) is 3.58. The molecule has 2 fully saturated rings. The molecule has 0 unspecified atom stereocenters.